The maximum atomic E-state index is 5.85. The summed E-state index contributed by atoms with van der Waals surface area (Å²) in [6, 6.07) is 9.62. The van der Waals surface area contributed by atoms with Crippen LogP contribution >= 0.6 is 0 Å². The van der Waals surface area contributed by atoms with Crippen molar-refractivity contribution in [1.82, 2.24) is 19.3 Å². The first-order chi connectivity index (χ1) is 10.9. The summed E-state index contributed by atoms with van der Waals surface area (Å²) in [6.07, 6.45) is 3.80. The molecule has 0 aliphatic rings. The molecule has 0 bridgehead atoms. The first-order valence-corrected chi connectivity index (χ1v) is 11.7. The maximum Gasteiger partial charge on any atom is 0.181 e. The molecule has 1 aromatic carbocycles. The number of fused-ring (bicyclic) bond motifs is 1. The Morgan fingerprint density at radius 1 is 1.17 bits per heavy atom. The minimum Gasteiger partial charge on any atom is -0.361 e. The first-order valence-electron chi connectivity index (χ1n) is 7.95. The standard InChI is InChI=1S/C17H24N4OSi/c1-20-12-18-17(19-20)15-5-6-16-14(11-15)7-8-21(16)13-22-9-10-23(2,3)4/h5-8,11-12H,9-10,13H2,1-4H3. The number of rotatable bonds is 6. The quantitative estimate of drug-likeness (QED) is 0.511. The van der Waals surface area contributed by atoms with Gasteiger partial charge in [-0.25, -0.2) is 4.98 Å². The van der Waals surface area contributed by atoms with E-state index in [1.165, 1.54) is 16.9 Å². The molecule has 0 saturated heterocycles. The number of benzene rings is 1. The van der Waals surface area contributed by atoms with Gasteiger partial charge in [-0.1, -0.05) is 19.6 Å². The van der Waals surface area contributed by atoms with Crippen LogP contribution in [0, 0.1) is 0 Å². The highest BCUT2D eigenvalue weighted by Gasteiger charge is 2.12. The van der Waals surface area contributed by atoms with Crippen molar-refractivity contribution in [2.24, 2.45) is 7.05 Å². The summed E-state index contributed by atoms with van der Waals surface area (Å²) < 4.78 is 9.72. The topological polar surface area (TPSA) is 44.9 Å². The second kappa shape index (κ2) is 6.29. The minimum absolute atomic E-state index is 0.606. The van der Waals surface area contributed by atoms with Gasteiger partial charge in [0.15, 0.2) is 5.82 Å². The first kappa shape index (κ1) is 16.0. The number of aryl methyl sites for hydroxylation is 1. The largest absolute Gasteiger partial charge is 0.361 e. The minimum atomic E-state index is -1.03. The molecule has 0 saturated carbocycles. The van der Waals surface area contributed by atoms with Gasteiger partial charge in [-0.3, -0.25) is 4.68 Å². The smallest absolute Gasteiger partial charge is 0.181 e. The Balaban J connectivity index is 1.71. The Kier molecular flexibility index (Phi) is 4.36. The van der Waals surface area contributed by atoms with E-state index in [9.17, 15) is 0 Å². The summed E-state index contributed by atoms with van der Waals surface area (Å²) in [5.74, 6) is 0.758. The van der Waals surface area contributed by atoms with Gasteiger partial charge in [0, 0.05) is 38.9 Å². The van der Waals surface area contributed by atoms with Crippen LogP contribution in [0.2, 0.25) is 25.7 Å². The SMILES string of the molecule is Cn1cnc(-c2ccc3c(ccn3COCC[Si](C)(C)C)c2)n1. The highest BCUT2D eigenvalue weighted by atomic mass is 28.3. The van der Waals surface area contributed by atoms with Gasteiger partial charge >= 0.3 is 0 Å². The van der Waals surface area contributed by atoms with Crippen LogP contribution in [0.15, 0.2) is 36.8 Å². The van der Waals surface area contributed by atoms with Crippen molar-refractivity contribution in [3.8, 4) is 11.4 Å². The molecule has 0 N–H and O–H groups in total. The molecular formula is C17H24N4OSi. The molecule has 6 heteroatoms. The van der Waals surface area contributed by atoms with E-state index in [1.54, 1.807) is 11.0 Å². The van der Waals surface area contributed by atoms with Gasteiger partial charge in [0.05, 0.1) is 5.52 Å². The lowest BCUT2D eigenvalue weighted by Gasteiger charge is -2.15. The number of hydrogen-bond acceptors (Lipinski definition) is 3. The molecule has 3 rings (SSSR count). The fraction of sp³-hybridized carbons (Fsp3) is 0.412. The molecule has 0 amide bonds. The highest BCUT2D eigenvalue weighted by molar-refractivity contribution is 6.76. The molecule has 0 fully saturated rings. The highest BCUT2D eigenvalue weighted by Crippen LogP contribution is 2.23. The summed E-state index contributed by atoms with van der Waals surface area (Å²) in [6.45, 7) is 8.55. The number of hydrogen-bond donors (Lipinski definition) is 0. The van der Waals surface area contributed by atoms with Gasteiger partial charge in [-0.15, -0.1) is 0 Å². The Bertz CT molecular complexity index is 800. The molecule has 0 spiro atoms. The normalized spacial score (nSPS) is 12.2. The fourth-order valence-corrected chi connectivity index (χ4v) is 3.22. The molecule has 0 radical (unpaired) electrons. The van der Waals surface area contributed by atoms with Gasteiger partial charge in [-0.05, 0) is 30.3 Å². The van der Waals surface area contributed by atoms with E-state index in [4.69, 9.17) is 4.74 Å². The van der Waals surface area contributed by atoms with Crippen molar-refractivity contribution >= 4 is 19.0 Å². The van der Waals surface area contributed by atoms with E-state index in [0.717, 1.165) is 18.0 Å². The predicted octanol–water partition coefficient (Wildman–Crippen LogP) is 3.75. The summed E-state index contributed by atoms with van der Waals surface area (Å²) in [5, 5.41) is 5.54. The third-order valence-electron chi connectivity index (χ3n) is 3.86. The van der Waals surface area contributed by atoms with Crippen molar-refractivity contribution < 1.29 is 4.74 Å². The zero-order chi connectivity index (χ0) is 16.4. The van der Waals surface area contributed by atoms with Crippen LogP contribution in [0.4, 0.5) is 0 Å². The van der Waals surface area contributed by atoms with Crippen LogP contribution in [0.25, 0.3) is 22.3 Å². The summed E-state index contributed by atoms with van der Waals surface area (Å²) in [4.78, 5) is 4.31. The molecular weight excluding hydrogens is 304 g/mol. The zero-order valence-electron chi connectivity index (χ0n) is 14.3. The van der Waals surface area contributed by atoms with E-state index in [-0.39, 0.29) is 0 Å². The zero-order valence-corrected chi connectivity index (χ0v) is 15.3. The average molecular weight is 328 g/mol. The lowest BCUT2D eigenvalue weighted by Crippen LogP contribution is -2.21. The monoisotopic (exact) mass is 328 g/mol. The van der Waals surface area contributed by atoms with Crippen LogP contribution in [0.1, 0.15) is 0 Å². The van der Waals surface area contributed by atoms with E-state index < -0.39 is 8.07 Å². The van der Waals surface area contributed by atoms with Gasteiger partial charge in [0.1, 0.15) is 13.1 Å². The molecule has 0 atom stereocenters. The molecule has 0 unspecified atom stereocenters. The molecule has 23 heavy (non-hydrogen) atoms. The van der Waals surface area contributed by atoms with Crippen LogP contribution in [0.3, 0.4) is 0 Å². The van der Waals surface area contributed by atoms with Crippen molar-refractivity contribution in [1.29, 1.82) is 0 Å². The van der Waals surface area contributed by atoms with Gasteiger partial charge in [-0.2, -0.15) is 5.10 Å². The van der Waals surface area contributed by atoms with Crippen molar-refractivity contribution in [3.05, 3.63) is 36.8 Å². The summed E-state index contributed by atoms with van der Waals surface area (Å²) in [7, 11) is 0.852. The van der Waals surface area contributed by atoms with Crippen LogP contribution in [0.5, 0.6) is 0 Å². The van der Waals surface area contributed by atoms with E-state index in [0.29, 0.717) is 6.73 Å². The van der Waals surface area contributed by atoms with Gasteiger partial charge in [0.2, 0.25) is 0 Å². The lowest BCUT2D eigenvalue weighted by atomic mass is 10.1. The second-order valence-electron chi connectivity index (χ2n) is 7.15. The third kappa shape index (κ3) is 3.89. The Morgan fingerprint density at radius 2 is 2.00 bits per heavy atom. The summed E-state index contributed by atoms with van der Waals surface area (Å²) in [5.41, 5.74) is 2.22. The lowest BCUT2D eigenvalue weighted by molar-refractivity contribution is 0.0902. The van der Waals surface area contributed by atoms with Gasteiger partial charge < -0.3 is 9.30 Å². The van der Waals surface area contributed by atoms with Crippen molar-refractivity contribution in [3.63, 3.8) is 0 Å². The molecule has 0 aliphatic heterocycles. The third-order valence-corrected chi connectivity index (χ3v) is 5.56. The number of aromatic nitrogens is 4. The Hall–Kier alpha value is -1.92. The predicted molar refractivity (Wildman–Crippen MR) is 96.0 cm³/mol. The van der Waals surface area contributed by atoms with Crippen LogP contribution < -0.4 is 0 Å². The molecule has 3 aromatic rings. The molecule has 122 valence electrons. The Morgan fingerprint density at radius 3 is 2.70 bits per heavy atom. The summed E-state index contributed by atoms with van der Waals surface area (Å²) >= 11 is 0. The second-order valence-corrected chi connectivity index (χ2v) is 12.8. The van der Waals surface area contributed by atoms with Crippen molar-refractivity contribution in [2.45, 2.75) is 32.4 Å². The molecule has 5 nitrogen and oxygen atoms in total. The van der Waals surface area contributed by atoms with E-state index >= 15 is 0 Å². The number of ether oxygens (including phenoxy) is 1. The van der Waals surface area contributed by atoms with E-state index in [2.05, 4.69) is 64.8 Å². The number of nitrogens with zero attached hydrogens (tertiary/aromatic N) is 4. The molecule has 0 aliphatic carbocycles. The fourth-order valence-electron chi connectivity index (χ4n) is 2.46. The van der Waals surface area contributed by atoms with Crippen LogP contribution in [-0.2, 0) is 18.5 Å². The molecule has 2 heterocycles. The maximum absolute atomic E-state index is 5.85. The Labute approximate surface area is 137 Å². The van der Waals surface area contributed by atoms with Crippen LogP contribution in [-0.4, -0.2) is 34.0 Å². The average Bonchev–Trinajstić information content (AvgIpc) is 3.08. The molecule has 2 aromatic heterocycles. The van der Waals surface area contributed by atoms with Gasteiger partial charge in [0.25, 0.3) is 0 Å². The van der Waals surface area contributed by atoms with E-state index in [1.807, 2.05) is 7.05 Å². The van der Waals surface area contributed by atoms with Crippen molar-refractivity contribution in [2.75, 3.05) is 6.61 Å².